The fourth-order valence-electron chi connectivity index (χ4n) is 3.29. The largest absolute Gasteiger partial charge is 0.464 e. The van der Waals surface area contributed by atoms with Crippen LogP contribution in [0.25, 0.3) is 0 Å². The summed E-state index contributed by atoms with van der Waals surface area (Å²) in [6, 6.07) is 3.74. The molecule has 0 radical (unpaired) electrons. The molecule has 2 aliphatic rings. The average Bonchev–Trinajstić information content (AvgIpc) is 2.82. The zero-order chi connectivity index (χ0) is 14.2. The van der Waals surface area contributed by atoms with Gasteiger partial charge in [0.15, 0.2) is 0 Å². The van der Waals surface area contributed by atoms with Crippen molar-refractivity contribution in [2.75, 3.05) is 6.54 Å². The molecule has 2 heterocycles. The van der Waals surface area contributed by atoms with E-state index in [-0.39, 0.29) is 18.4 Å². The van der Waals surface area contributed by atoms with Crippen LogP contribution in [0.15, 0.2) is 16.5 Å². The minimum atomic E-state index is -0.658. The second kappa shape index (κ2) is 4.96. The van der Waals surface area contributed by atoms with Gasteiger partial charge in [-0.05, 0) is 31.9 Å². The number of nitrogens with one attached hydrogen (secondary N) is 1. The Balaban J connectivity index is 1.80. The Morgan fingerprint density at radius 1 is 1.25 bits per heavy atom. The Morgan fingerprint density at radius 3 is 2.65 bits per heavy atom. The molecule has 0 unspecified atom stereocenters. The van der Waals surface area contributed by atoms with Crippen molar-refractivity contribution in [2.24, 2.45) is 0 Å². The lowest BCUT2D eigenvalue weighted by Gasteiger charge is -2.43. The first-order valence-electron chi connectivity index (χ1n) is 7.25. The van der Waals surface area contributed by atoms with Gasteiger partial charge in [0.25, 0.3) is 0 Å². The van der Waals surface area contributed by atoms with Crippen molar-refractivity contribution in [3.8, 4) is 0 Å². The minimum Gasteiger partial charge on any atom is -0.464 e. The number of amides is 2. The number of hydrogen-bond donors (Lipinski definition) is 1. The second-order valence-corrected chi connectivity index (χ2v) is 5.86. The maximum atomic E-state index is 12.7. The third kappa shape index (κ3) is 2.32. The first kappa shape index (κ1) is 13.2. The lowest BCUT2D eigenvalue weighted by Crippen LogP contribution is -2.66. The summed E-state index contributed by atoms with van der Waals surface area (Å²) in [6.07, 6.45) is 4.65. The topological polar surface area (TPSA) is 62.6 Å². The first-order chi connectivity index (χ1) is 9.59. The summed E-state index contributed by atoms with van der Waals surface area (Å²) >= 11 is 0. The lowest BCUT2D eigenvalue weighted by molar-refractivity contribution is -0.152. The van der Waals surface area contributed by atoms with Crippen LogP contribution in [0, 0.1) is 6.92 Å². The molecule has 5 nitrogen and oxygen atoms in total. The number of piperazine rings is 1. The molecule has 20 heavy (non-hydrogen) atoms. The average molecular weight is 276 g/mol. The summed E-state index contributed by atoms with van der Waals surface area (Å²) in [5.41, 5.74) is -0.658. The summed E-state index contributed by atoms with van der Waals surface area (Å²) in [4.78, 5) is 26.3. The highest BCUT2D eigenvalue weighted by Gasteiger charge is 2.47. The van der Waals surface area contributed by atoms with Crippen LogP contribution in [-0.4, -0.2) is 28.8 Å². The van der Waals surface area contributed by atoms with Gasteiger partial charge in [-0.3, -0.25) is 9.59 Å². The summed E-state index contributed by atoms with van der Waals surface area (Å²) in [6.45, 7) is 2.37. The quantitative estimate of drug-likeness (QED) is 0.895. The molecule has 1 N–H and O–H groups in total. The van der Waals surface area contributed by atoms with Gasteiger partial charge in [0.05, 0.1) is 6.54 Å². The number of rotatable bonds is 2. The Bertz CT molecular complexity index is 529. The number of carbonyl (C=O) groups is 2. The van der Waals surface area contributed by atoms with E-state index >= 15 is 0 Å². The van der Waals surface area contributed by atoms with Gasteiger partial charge in [0.2, 0.25) is 11.8 Å². The highest BCUT2D eigenvalue weighted by molar-refractivity contribution is 5.98. The van der Waals surface area contributed by atoms with Gasteiger partial charge >= 0.3 is 0 Å². The number of aryl methyl sites for hydroxylation is 1. The molecule has 1 saturated carbocycles. The van der Waals surface area contributed by atoms with Crippen molar-refractivity contribution in [2.45, 2.75) is 51.1 Å². The highest BCUT2D eigenvalue weighted by Crippen LogP contribution is 2.32. The van der Waals surface area contributed by atoms with Crippen LogP contribution in [-0.2, 0) is 16.1 Å². The smallest absolute Gasteiger partial charge is 0.249 e. The second-order valence-electron chi connectivity index (χ2n) is 5.86. The Labute approximate surface area is 118 Å². The molecule has 1 saturated heterocycles. The van der Waals surface area contributed by atoms with Gasteiger partial charge in [0, 0.05) is 0 Å². The van der Waals surface area contributed by atoms with E-state index in [1.165, 1.54) is 0 Å². The summed E-state index contributed by atoms with van der Waals surface area (Å²) in [7, 11) is 0. The zero-order valence-corrected chi connectivity index (χ0v) is 11.8. The van der Waals surface area contributed by atoms with Crippen LogP contribution < -0.4 is 5.32 Å². The number of furan rings is 1. The molecule has 1 aromatic rings. The van der Waals surface area contributed by atoms with Crippen LogP contribution in [0.4, 0.5) is 0 Å². The van der Waals surface area contributed by atoms with E-state index < -0.39 is 5.54 Å². The third-order valence-electron chi connectivity index (χ3n) is 4.26. The molecule has 1 aliphatic carbocycles. The summed E-state index contributed by atoms with van der Waals surface area (Å²) < 4.78 is 5.52. The van der Waals surface area contributed by atoms with Crippen LogP contribution in [0.2, 0.25) is 0 Å². The molecule has 0 bridgehead atoms. The SMILES string of the molecule is Cc1ccc(CN2CC(=O)NC3(CCCCC3)C2=O)o1. The van der Waals surface area contributed by atoms with E-state index in [0.29, 0.717) is 6.54 Å². The maximum Gasteiger partial charge on any atom is 0.249 e. The lowest BCUT2D eigenvalue weighted by atomic mass is 9.79. The van der Waals surface area contributed by atoms with Crippen molar-refractivity contribution in [1.29, 1.82) is 0 Å². The summed E-state index contributed by atoms with van der Waals surface area (Å²) in [5, 5.41) is 2.94. The van der Waals surface area contributed by atoms with Gasteiger partial charge in [-0.1, -0.05) is 19.3 Å². The number of hydrogen-bond acceptors (Lipinski definition) is 3. The Kier molecular flexibility index (Phi) is 3.28. The molecule has 2 fully saturated rings. The molecule has 108 valence electrons. The fourth-order valence-corrected chi connectivity index (χ4v) is 3.29. The van der Waals surface area contributed by atoms with E-state index in [4.69, 9.17) is 4.42 Å². The molecular formula is C15H20N2O3. The van der Waals surface area contributed by atoms with Crippen LogP contribution in [0.1, 0.15) is 43.6 Å². The van der Waals surface area contributed by atoms with E-state index in [2.05, 4.69) is 5.32 Å². The molecule has 3 rings (SSSR count). The predicted octanol–water partition coefficient (Wildman–Crippen LogP) is 1.75. The monoisotopic (exact) mass is 276 g/mol. The van der Waals surface area contributed by atoms with E-state index in [1.54, 1.807) is 4.90 Å². The van der Waals surface area contributed by atoms with Crippen LogP contribution >= 0.6 is 0 Å². The van der Waals surface area contributed by atoms with Crippen molar-refractivity contribution in [3.05, 3.63) is 23.7 Å². The van der Waals surface area contributed by atoms with Gasteiger partial charge < -0.3 is 14.6 Å². The van der Waals surface area contributed by atoms with E-state index in [9.17, 15) is 9.59 Å². The molecule has 0 aromatic carbocycles. The molecule has 1 aliphatic heterocycles. The van der Waals surface area contributed by atoms with E-state index in [0.717, 1.165) is 43.6 Å². The normalized spacial score (nSPS) is 22.1. The summed E-state index contributed by atoms with van der Waals surface area (Å²) in [5.74, 6) is 1.54. The zero-order valence-electron chi connectivity index (χ0n) is 11.8. The van der Waals surface area contributed by atoms with Crippen molar-refractivity contribution >= 4 is 11.8 Å². The molecule has 5 heteroatoms. The number of nitrogens with zero attached hydrogens (tertiary/aromatic N) is 1. The highest BCUT2D eigenvalue weighted by atomic mass is 16.3. The Hall–Kier alpha value is -1.78. The van der Waals surface area contributed by atoms with Crippen molar-refractivity contribution in [1.82, 2.24) is 10.2 Å². The van der Waals surface area contributed by atoms with Crippen molar-refractivity contribution < 1.29 is 14.0 Å². The Morgan fingerprint density at radius 2 is 2.00 bits per heavy atom. The molecule has 1 spiro atoms. The third-order valence-corrected chi connectivity index (χ3v) is 4.26. The van der Waals surface area contributed by atoms with Crippen LogP contribution in [0.3, 0.4) is 0 Å². The molecule has 0 atom stereocenters. The van der Waals surface area contributed by atoms with Gasteiger partial charge in [0.1, 0.15) is 23.6 Å². The molecule has 2 amide bonds. The number of carbonyl (C=O) groups excluding carboxylic acids is 2. The van der Waals surface area contributed by atoms with Crippen LogP contribution in [0.5, 0.6) is 0 Å². The van der Waals surface area contributed by atoms with Gasteiger partial charge in [-0.15, -0.1) is 0 Å². The standard InChI is InChI=1S/C15H20N2O3/c1-11-5-6-12(20-11)9-17-10-13(18)16-15(14(17)19)7-3-2-4-8-15/h5-6H,2-4,7-10H2,1H3,(H,16,18). The maximum absolute atomic E-state index is 12.7. The fraction of sp³-hybridized carbons (Fsp3) is 0.600. The van der Waals surface area contributed by atoms with Crippen molar-refractivity contribution in [3.63, 3.8) is 0 Å². The minimum absolute atomic E-state index is 0.0471. The van der Waals surface area contributed by atoms with Gasteiger partial charge in [-0.25, -0.2) is 0 Å². The first-order valence-corrected chi connectivity index (χ1v) is 7.25. The molecular weight excluding hydrogens is 256 g/mol. The predicted molar refractivity (Wildman–Crippen MR) is 72.8 cm³/mol. The van der Waals surface area contributed by atoms with E-state index in [1.807, 2.05) is 19.1 Å². The molecule has 1 aromatic heterocycles. The van der Waals surface area contributed by atoms with Gasteiger partial charge in [-0.2, -0.15) is 0 Å².